The summed E-state index contributed by atoms with van der Waals surface area (Å²) in [4.78, 5) is 103. The van der Waals surface area contributed by atoms with Crippen molar-refractivity contribution in [1.82, 2.24) is 0 Å². The molecule has 6 rings (SSSR count). The molecule has 1 heterocycles. The van der Waals surface area contributed by atoms with E-state index in [4.69, 9.17) is 37.9 Å². The number of carbonyl (C=O) groups is 8. The van der Waals surface area contributed by atoms with Crippen molar-refractivity contribution in [3.05, 3.63) is 99.3 Å². The van der Waals surface area contributed by atoms with Gasteiger partial charge in [0.1, 0.15) is 30.0 Å². The molecule has 3 aromatic carbocycles. The van der Waals surface area contributed by atoms with Crippen LogP contribution < -0.4 is 19.5 Å². The number of fused-ring (bicyclic) bond motifs is 2. The number of ketones is 4. The molecule has 61 heavy (non-hydrogen) atoms. The Morgan fingerprint density at radius 2 is 1.28 bits per heavy atom. The van der Waals surface area contributed by atoms with E-state index in [1.807, 2.05) is 0 Å². The van der Waals surface area contributed by atoms with Crippen molar-refractivity contribution in [2.24, 2.45) is 0 Å². The van der Waals surface area contributed by atoms with Crippen LogP contribution in [0.15, 0.2) is 60.3 Å². The van der Waals surface area contributed by atoms with Gasteiger partial charge in [-0.25, -0.2) is 0 Å². The number of nitrogens with one attached hydrogen (secondary N) is 1. The van der Waals surface area contributed by atoms with Crippen LogP contribution in [-0.2, 0) is 42.9 Å². The van der Waals surface area contributed by atoms with E-state index in [0.717, 1.165) is 39.3 Å². The minimum atomic E-state index is -1.50. The second-order valence-electron chi connectivity index (χ2n) is 14.3. The fraction of sp³-hybridized carbons (Fsp3) is 0.318. The summed E-state index contributed by atoms with van der Waals surface area (Å²) < 4.78 is 44.7. The second kappa shape index (κ2) is 17.6. The number of anilines is 1. The molecule has 17 heteroatoms. The van der Waals surface area contributed by atoms with Crippen molar-refractivity contribution < 1.29 is 76.3 Å². The number of ether oxygens (including phenoxy) is 8. The lowest BCUT2D eigenvalue weighted by molar-refractivity contribution is -0.288. The average molecular weight is 840 g/mol. The SMILES string of the molecule is COc1cc(C)cc2c1C(=O)C(c1c(C)cc3c(c1OC)C(=O)C(Nc1ccc(O[C@@H]4O[C@H](COC(C)=O)[C@@H](OC(C)=O)[C@H](OC(C)=O)[C@H]4OC(C)=O)cc1)=CC3=O)=CC2=O. The Labute approximate surface area is 348 Å². The van der Waals surface area contributed by atoms with Crippen molar-refractivity contribution in [1.29, 1.82) is 0 Å². The molecule has 2 aliphatic carbocycles. The molecule has 3 aromatic rings. The lowest BCUT2D eigenvalue weighted by Gasteiger charge is -2.43. The molecule has 0 saturated carbocycles. The Morgan fingerprint density at radius 1 is 0.672 bits per heavy atom. The van der Waals surface area contributed by atoms with Gasteiger partial charge in [0.05, 0.1) is 31.0 Å². The highest BCUT2D eigenvalue weighted by Crippen LogP contribution is 2.43. The zero-order chi connectivity index (χ0) is 44.4. The van der Waals surface area contributed by atoms with Gasteiger partial charge in [-0.05, 0) is 73.5 Å². The maximum atomic E-state index is 14.2. The van der Waals surface area contributed by atoms with Crippen LogP contribution in [0, 0.1) is 13.8 Å². The third-order valence-electron chi connectivity index (χ3n) is 9.78. The van der Waals surface area contributed by atoms with Gasteiger partial charge in [-0.15, -0.1) is 0 Å². The van der Waals surface area contributed by atoms with Gasteiger partial charge in [0.25, 0.3) is 0 Å². The normalized spacial score (nSPS) is 20.6. The predicted molar refractivity (Wildman–Crippen MR) is 211 cm³/mol. The molecular weight excluding hydrogens is 798 g/mol. The van der Waals surface area contributed by atoms with E-state index in [1.165, 1.54) is 50.6 Å². The second-order valence-corrected chi connectivity index (χ2v) is 14.3. The molecule has 318 valence electrons. The Bertz CT molecular complexity index is 2450. The molecule has 0 aromatic heterocycles. The summed E-state index contributed by atoms with van der Waals surface area (Å²) in [5.41, 5.74) is 1.60. The Balaban J connectivity index is 1.28. The number of rotatable bonds is 12. The number of Topliss-reactive ketones (excluding diaryl/α,β-unsaturated/α-hetero) is 2. The number of aryl methyl sites for hydroxylation is 2. The van der Waals surface area contributed by atoms with Crippen molar-refractivity contribution >= 4 is 58.3 Å². The van der Waals surface area contributed by atoms with Crippen molar-refractivity contribution in [2.75, 3.05) is 26.1 Å². The number of hydrogen-bond donors (Lipinski definition) is 1. The van der Waals surface area contributed by atoms with Crippen molar-refractivity contribution in [3.8, 4) is 17.2 Å². The molecule has 1 saturated heterocycles. The largest absolute Gasteiger partial charge is 0.496 e. The Morgan fingerprint density at radius 3 is 1.89 bits per heavy atom. The highest BCUT2D eigenvalue weighted by Gasteiger charge is 2.53. The summed E-state index contributed by atoms with van der Waals surface area (Å²) in [6, 6.07) is 10.6. The summed E-state index contributed by atoms with van der Waals surface area (Å²) in [7, 11) is 2.68. The first kappa shape index (κ1) is 43.4. The molecule has 1 fully saturated rings. The molecule has 1 N–H and O–H groups in total. The molecule has 5 atom stereocenters. The van der Waals surface area contributed by atoms with E-state index in [1.54, 1.807) is 26.0 Å². The standard InChI is InChI=1S/C44H41NO16/c1-19-13-27-31(50)16-29(38(52)36(27)33(14-19)54-7)35-20(2)15-28-32(51)17-30(39(53)37(28)41(35)55-8)45-25-9-11-26(12-10-25)60-44-43(59-24(6)49)42(58-23(5)48)40(57-22(4)47)34(61-44)18-56-21(3)46/h9-17,34,40,42-45H,18H2,1-8H3/t34-,40-,42+,43-,44-/m1/s1. The summed E-state index contributed by atoms with van der Waals surface area (Å²) in [5.74, 6) is -4.98. The van der Waals surface area contributed by atoms with E-state index in [-0.39, 0.29) is 56.3 Å². The number of carbonyl (C=O) groups excluding carboxylic acids is 8. The van der Waals surface area contributed by atoms with Crippen LogP contribution >= 0.6 is 0 Å². The van der Waals surface area contributed by atoms with Gasteiger partial charge < -0.3 is 43.2 Å². The van der Waals surface area contributed by atoms with Gasteiger partial charge in [0, 0.05) is 61.7 Å². The lowest BCUT2D eigenvalue weighted by Crippen LogP contribution is -2.63. The number of methoxy groups -OCH3 is 2. The van der Waals surface area contributed by atoms with Gasteiger partial charge in [-0.3, -0.25) is 38.4 Å². The third kappa shape index (κ3) is 8.91. The van der Waals surface area contributed by atoms with Crippen LogP contribution in [0.1, 0.15) is 85.8 Å². The molecule has 3 aliphatic rings. The molecule has 0 spiro atoms. The van der Waals surface area contributed by atoms with E-state index in [2.05, 4.69) is 5.32 Å². The van der Waals surface area contributed by atoms with Crippen LogP contribution in [0.5, 0.6) is 17.2 Å². The van der Waals surface area contributed by atoms with Crippen LogP contribution in [-0.4, -0.2) is 98.5 Å². The van der Waals surface area contributed by atoms with Gasteiger partial charge >= 0.3 is 23.9 Å². The molecule has 0 bridgehead atoms. The third-order valence-corrected chi connectivity index (χ3v) is 9.78. The maximum Gasteiger partial charge on any atom is 0.303 e. The summed E-state index contributed by atoms with van der Waals surface area (Å²) in [5, 5.41) is 2.94. The first-order valence-corrected chi connectivity index (χ1v) is 18.8. The number of benzene rings is 3. The molecule has 0 radical (unpaired) electrons. The Kier molecular flexibility index (Phi) is 12.5. The molecule has 0 amide bonds. The van der Waals surface area contributed by atoms with Crippen LogP contribution in [0.3, 0.4) is 0 Å². The maximum absolute atomic E-state index is 14.2. The topological polar surface area (TPSA) is 222 Å². The number of allylic oxidation sites excluding steroid dienone is 4. The van der Waals surface area contributed by atoms with E-state index in [0.29, 0.717) is 11.3 Å². The Hall–Kier alpha value is -7.14. The number of esters is 4. The predicted octanol–water partition coefficient (Wildman–Crippen LogP) is 4.62. The van der Waals surface area contributed by atoms with Gasteiger partial charge in [0.2, 0.25) is 18.2 Å². The zero-order valence-corrected chi connectivity index (χ0v) is 34.3. The molecule has 17 nitrogen and oxygen atoms in total. The monoisotopic (exact) mass is 839 g/mol. The average Bonchev–Trinajstić information content (AvgIpc) is 3.19. The van der Waals surface area contributed by atoms with Gasteiger partial charge in [-0.2, -0.15) is 0 Å². The van der Waals surface area contributed by atoms with E-state index < -0.39 is 84.3 Å². The van der Waals surface area contributed by atoms with E-state index >= 15 is 0 Å². The fourth-order valence-corrected chi connectivity index (χ4v) is 7.38. The molecular formula is C44H41NO16. The summed E-state index contributed by atoms with van der Waals surface area (Å²) in [6.07, 6.45) is -4.73. The lowest BCUT2D eigenvalue weighted by atomic mass is 9.80. The first-order chi connectivity index (χ1) is 28.9. The van der Waals surface area contributed by atoms with Crippen molar-refractivity contribution in [2.45, 2.75) is 72.2 Å². The highest BCUT2D eigenvalue weighted by molar-refractivity contribution is 6.40. The van der Waals surface area contributed by atoms with Crippen LogP contribution in [0.25, 0.3) is 5.57 Å². The first-order valence-electron chi connectivity index (χ1n) is 18.8. The quantitative estimate of drug-likeness (QED) is 0.194. The minimum absolute atomic E-state index is 0.0333. The summed E-state index contributed by atoms with van der Waals surface area (Å²) in [6.45, 7) is 7.40. The van der Waals surface area contributed by atoms with Gasteiger partial charge in [-0.1, -0.05) is 0 Å². The molecule has 1 aliphatic heterocycles. The van der Waals surface area contributed by atoms with Gasteiger partial charge in [0.15, 0.2) is 29.6 Å². The van der Waals surface area contributed by atoms with Crippen LogP contribution in [0.2, 0.25) is 0 Å². The summed E-state index contributed by atoms with van der Waals surface area (Å²) >= 11 is 0. The van der Waals surface area contributed by atoms with E-state index in [9.17, 15) is 38.4 Å². The zero-order valence-electron chi connectivity index (χ0n) is 34.3. The van der Waals surface area contributed by atoms with Crippen LogP contribution in [0.4, 0.5) is 5.69 Å². The highest BCUT2D eigenvalue weighted by atomic mass is 16.7. The fourth-order valence-electron chi connectivity index (χ4n) is 7.38. The molecule has 0 unspecified atom stereocenters. The smallest absolute Gasteiger partial charge is 0.303 e. The van der Waals surface area contributed by atoms with Crippen molar-refractivity contribution in [3.63, 3.8) is 0 Å². The number of hydrogen-bond acceptors (Lipinski definition) is 17. The minimum Gasteiger partial charge on any atom is -0.496 e.